The zero-order valence-electron chi connectivity index (χ0n) is 14.6. The fraction of sp³-hybridized carbons (Fsp3) is 0.211. The molecule has 1 aliphatic rings. The summed E-state index contributed by atoms with van der Waals surface area (Å²) in [5.41, 5.74) is 6.55. The van der Waals surface area contributed by atoms with Crippen molar-refractivity contribution in [1.29, 1.82) is 0 Å². The predicted molar refractivity (Wildman–Crippen MR) is 101 cm³/mol. The molecule has 2 atom stereocenters. The van der Waals surface area contributed by atoms with E-state index in [2.05, 4.69) is 5.32 Å². The van der Waals surface area contributed by atoms with E-state index in [4.69, 9.17) is 15.6 Å². The molecule has 0 aliphatic carbocycles. The van der Waals surface area contributed by atoms with Gasteiger partial charge < -0.3 is 15.6 Å². The Morgan fingerprint density at radius 2 is 1.89 bits per heavy atom. The summed E-state index contributed by atoms with van der Waals surface area (Å²) in [5.74, 6) is -1.30. The van der Waals surface area contributed by atoms with Gasteiger partial charge in [-0.05, 0) is 42.2 Å². The molecule has 9 heteroatoms. The number of hydrogen-bond acceptors (Lipinski definition) is 6. The lowest BCUT2D eigenvalue weighted by molar-refractivity contribution is -0.138. The minimum Gasteiger partial charge on any atom is -0.480 e. The molecular weight excluding hydrogens is 387 g/mol. The molecule has 2 unspecified atom stereocenters. The van der Waals surface area contributed by atoms with Crippen molar-refractivity contribution in [3.05, 3.63) is 59.4 Å². The van der Waals surface area contributed by atoms with Crippen LogP contribution in [0.5, 0.6) is 11.5 Å². The van der Waals surface area contributed by atoms with Crippen LogP contribution in [0.3, 0.4) is 0 Å². The van der Waals surface area contributed by atoms with Crippen molar-refractivity contribution >= 4 is 28.9 Å². The normalized spacial score (nSPS) is 17.3. The summed E-state index contributed by atoms with van der Waals surface area (Å²) in [5, 5.41) is 9.94. The van der Waals surface area contributed by atoms with Crippen molar-refractivity contribution in [2.45, 2.75) is 24.1 Å². The van der Waals surface area contributed by atoms with Crippen LogP contribution in [-0.4, -0.2) is 33.5 Å². The van der Waals surface area contributed by atoms with Gasteiger partial charge in [-0.25, -0.2) is 4.39 Å². The minimum absolute atomic E-state index is 0.104. The fourth-order valence-corrected chi connectivity index (χ4v) is 3.50. The summed E-state index contributed by atoms with van der Waals surface area (Å²) < 4.78 is 19.9. The molecule has 1 heterocycles. The number of imide groups is 1. The van der Waals surface area contributed by atoms with Crippen LogP contribution in [0.15, 0.2) is 42.5 Å². The average Bonchev–Trinajstić information content (AvgIpc) is 2.96. The van der Waals surface area contributed by atoms with E-state index in [1.165, 1.54) is 12.1 Å². The third kappa shape index (κ3) is 4.87. The Morgan fingerprint density at radius 1 is 1.21 bits per heavy atom. The lowest BCUT2D eigenvalue weighted by Crippen LogP contribution is -2.32. The SMILES string of the molecule is NC(Cc1ccc(Oc2ccc(CC3SC(=O)NC3=O)c(F)c2)cc1)C(=O)O. The van der Waals surface area contributed by atoms with Gasteiger partial charge in [-0.3, -0.25) is 19.7 Å². The van der Waals surface area contributed by atoms with Crippen molar-refractivity contribution in [3.8, 4) is 11.5 Å². The molecule has 7 nitrogen and oxygen atoms in total. The average molecular weight is 404 g/mol. The Hall–Kier alpha value is -2.91. The van der Waals surface area contributed by atoms with E-state index in [-0.39, 0.29) is 18.6 Å². The number of rotatable bonds is 7. The van der Waals surface area contributed by atoms with Gasteiger partial charge in [0.15, 0.2) is 0 Å². The number of aliphatic carboxylic acids is 1. The largest absolute Gasteiger partial charge is 0.480 e. The molecule has 2 aromatic rings. The number of thioether (sulfide) groups is 1. The molecule has 1 saturated heterocycles. The van der Waals surface area contributed by atoms with Gasteiger partial charge >= 0.3 is 5.97 Å². The third-order valence-electron chi connectivity index (χ3n) is 4.13. The molecule has 0 aromatic heterocycles. The summed E-state index contributed by atoms with van der Waals surface area (Å²) in [4.78, 5) is 33.6. The van der Waals surface area contributed by atoms with Gasteiger partial charge in [0.1, 0.15) is 23.4 Å². The summed E-state index contributed by atoms with van der Waals surface area (Å²) >= 11 is 0.848. The minimum atomic E-state index is -1.08. The molecular formula is C19H17FN2O5S. The molecule has 0 radical (unpaired) electrons. The molecule has 0 spiro atoms. The number of nitrogens with one attached hydrogen (secondary N) is 1. The van der Waals surface area contributed by atoms with Gasteiger partial charge in [0, 0.05) is 6.07 Å². The highest BCUT2D eigenvalue weighted by molar-refractivity contribution is 8.15. The lowest BCUT2D eigenvalue weighted by atomic mass is 10.1. The topological polar surface area (TPSA) is 119 Å². The quantitative estimate of drug-likeness (QED) is 0.649. The molecule has 1 aliphatic heterocycles. The number of nitrogens with two attached hydrogens (primary N) is 1. The Morgan fingerprint density at radius 3 is 2.46 bits per heavy atom. The van der Waals surface area contributed by atoms with Gasteiger partial charge in [-0.2, -0.15) is 0 Å². The van der Waals surface area contributed by atoms with Gasteiger partial charge in [0.2, 0.25) is 5.91 Å². The van der Waals surface area contributed by atoms with Crippen LogP contribution < -0.4 is 15.8 Å². The van der Waals surface area contributed by atoms with Gasteiger partial charge in [0.05, 0.1) is 5.25 Å². The Labute approximate surface area is 164 Å². The molecule has 2 amide bonds. The molecule has 0 bridgehead atoms. The number of amides is 2. The van der Waals surface area contributed by atoms with Crippen LogP contribution in [0.2, 0.25) is 0 Å². The van der Waals surface area contributed by atoms with Crippen molar-refractivity contribution in [1.82, 2.24) is 5.32 Å². The molecule has 28 heavy (non-hydrogen) atoms. The number of carboxylic acids is 1. The van der Waals surface area contributed by atoms with Crippen LogP contribution in [-0.2, 0) is 22.4 Å². The molecule has 1 fully saturated rings. The smallest absolute Gasteiger partial charge is 0.320 e. The third-order valence-corrected chi connectivity index (χ3v) is 5.11. The second kappa shape index (κ2) is 8.41. The summed E-state index contributed by atoms with van der Waals surface area (Å²) in [6.45, 7) is 0. The zero-order valence-corrected chi connectivity index (χ0v) is 15.4. The second-order valence-electron chi connectivity index (χ2n) is 6.24. The second-order valence-corrected chi connectivity index (χ2v) is 7.41. The molecule has 3 rings (SSSR count). The van der Waals surface area contributed by atoms with E-state index >= 15 is 0 Å². The molecule has 0 saturated carbocycles. The van der Waals surface area contributed by atoms with Crippen molar-refractivity contribution in [3.63, 3.8) is 0 Å². The number of ether oxygens (including phenoxy) is 1. The number of carboxylic acid groups (broad SMARTS) is 1. The van der Waals surface area contributed by atoms with Crippen LogP contribution >= 0.6 is 11.8 Å². The number of carbonyl (C=O) groups is 3. The fourth-order valence-electron chi connectivity index (χ4n) is 2.66. The Bertz CT molecular complexity index is 919. The van der Waals surface area contributed by atoms with Crippen LogP contribution in [0.25, 0.3) is 0 Å². The van der Waals surface area contributed by atoms with E-state index in [0.29, 0.717) is 11.3 Å². The molecule has 2 aromatic carbocycles. The van der Waals surface area contributed by atoms with E-state index in [9.17, 15) is 18.8 Å². The maximum Gasteiger partial charge on any atom is 0.320 e. The van der Waals surface area contributed by atoms with Crippen LogP contribution in [0, 0.1) is 5.82 Å². The molecule has 146 valence electrons. The monoisotopic (exact) mass is 404 g/mol. The zero-order chi connectivity index (χ0) is 20.3. The highest BCUT2D eigenvalue weighted by atomic mass is 32.2. The lowest BCUT2D eigenvalue weighted by Gasteiger charge is -2.11. The maximum atomic E-state index is 14.3. The first-order valence-corrected chi connectivity index (χ1v) is 9.25. The summed E-state index contributed by atoms with van der Waals surface area (Å²) in [7, 11) is 0. The van der Waals surface area contributed by atoms with E-state index in [1.54, 1.807) is 30.3 Å². The summed E-state index contributed by atoms with van der Waals surface area (Å²) in [6.07, 6.45) is 0.293. The predicted octanol–water partition coefficient (Wildman–Crippen LogP) is 2.47. The standard InChI is InChI=1S/C19H17FN2O5S/c20-14-9-13(6-3-11(14)8-16-17(23)22-19(26)28-16)27-12-4-1-10(2-5-12)7-15(21)18(24)25/h1-6,9,15-16H,7-8,21H2,(H,24,25)(H,22,23,26). The van der Waals surface area contributed by atoms with Gasteiger partial charge in [-0.1, -0.05) is 30.0 Å². The Kier molecular flexibility index (Phi) is 5.96. The number of hydrogen-bond donors (Lipinski definition) is 3. The van der Waals surface area contributed by atoms with Crippen molar-refractivity contribution in [2.24, 2.45) is 5.73 Å². The highest BCUT2D eigenvalue weighted by Gasteiger charge is 2.32. The van der Waals surface area contributed by atoms with Crippen molar-refractivity contribution in [2.75, 3.05) is 0 Å². The first-order chi connectivity index (χ1) is 13.3. The van der Waals surface area contributed by atoms with Crippen LogP contribution in [0.1, 0.15) is 11.1 Å². The van der Waals surface area contributed by atoms with Crippen LogP contribution in [0.4, 0.5) is 9.18 Å². The van der Waals surface area contributed by atoms with E-state index in [0.717, 1.165) is 17.3 Å². The maximum absolute atomic E-state index is 14.3. The van der Waals surface area contributed by atoms with Crippen molar-refractivity contribution < 1.29 is 28.6 Å². The first kappa shape index (κ1) is 19.8. The highest BCUT2D eigenvalue weighted by Crippen LogP contribution is 2.28. The number of halogens is 1. The number of benzene rings is 2. The van der Waals surface area contributed by atoms with Gasteiger partial charge in [-0.15, -0.1) is 0 Å². The van der Waals surface area contributed by atoms with Gasteiger partial charge in [0.25, 0.3) is 5.24 Å². The summed E-state index contributed by atoms with van der Waals surface area (Å²) in [6, 6.07) is 9.98. The Balaban J connectivity index is 1.63. The van der Waals surface area contributed by atoms with E-state index in [1.807, 2.05) is 0 Å². The van der Waals surface area contributed by atoms with E-state index < -0.39 is 34.2 Å². The first-order valence-electron chi connectivity index (χ1n) is 8.37. The number of carbonyl (C=O) groups excluding carboxylic acids is 2. The molecule has 4 N–H and O–H groups in total.